The Morgan fingerprint density at radius 2 is 2.05 bits per heavy atom. The molecule has 0 aliphatic carbocycles. The van der Waals surface area contributed by atoms with E-state index in [0.717, 1.165) is 9.87 Å². The monoisotopic (exact) mass is 327 g/mol. The first-order valence-electron chi connectivity index (χ1n) is 7.06. The zero-order valence-electron chi connectivity index (χ0n) is 13.0. The molecule has 0 N–H and O–H groups in total. The van der Waals surface area contributed by atoms with Crippen molar-refractivity contribution in [1.29, 1.82) is 0 Å². The van der Waals surface area contributed by atoms with Crippen LogP contribution in [0.4, 0.5) is 4.79 Å². The fourth-order valence-electron chi connectivity index (χ4n) is 1.86. The third kappa shape index (κ3) is 5.08. The van der Waals surface area contributed by atoms with Crippen molar-refractivity contribution in [2.75, 3.05) is 13.2 Å². The maximum absolute atomic E-state index is 11.9. The van der Waals surface area contributed by atoms with Crippen molar-refractivity contribution < 1.29 is 22.7 Å². The highest BCUT2D eigenvalue weighted by Gasteiger charge is 2.37. The van der Waals surface area contributed by atoms with E-state index in [1.54, 1.807) is 20.8 Å². The van der Waals surface area contributed by atoms with Crippen molar-refractivity contribution in [1.82, 2.24) is 4.31 Å². The number of hydrogen-bond donors (Lipinski definition) is 0. The van der Waals surface area contributed by atoms with Gasteiger partial charge in [-0.3, -0.25) is 4.18 Å². The van der Waals surface area contributed by atoms with Gasteiger partial charge in [0.05, 0.1) is 19.8 Å². The highest BCUT2D eigenvalue weighted by Crippen LogP contribution is 2.19. The standard InChI is InChI=1S/C15H21NO5S/c1-15(2,3)20-14(17)16-9-13(21-22(16)18)11-19-10-12-7-5-4-6-8-12/h4-8,13H,9-11H2,1-3H3/t13-,22-/m0/s1. The molecule has 1 amide bonds. The lowest BCUT2D eigenvalue weighted by atomic mass is 10.2. The van der Waals surface area contributed by atoms with E-state index < -0.39 is 29.1 Å². The van der Waals surface area contributed by atoms with Gasteiger partial charge in [0.2, 0.25) is 0 Å². The third-order valence-corrected chi connectivity index (χ3v) is 3.88. The van der Waals surface area contributed by atoms with Crippen molar-refractivity contribution >= 4 is 17.4 Å². The van der Waals surface area contributed by atoms with Crippen LogP contribution in [0.15, 0.2) is 30.3 Å². The van der Waals surface area contributed by atoms with Gasteiger partial charge in [0.1, 0.15) is 11.7 Å². The Kier molecular flexibility index (Phi) is 5.55. The van der Waals surface area contributed by atoms with Crippen molar-refractivity contribution in [3.63, 3.8) is 0 Å². The predicted octanol–water partition coefficient (Wildman–Crippen LogP) is 2.42. The Morgan fingerprint density at radius 1 is 1.36 bits per heavy atom. The van der Waals surface area contributed by atoms with Crippen LogP contribution < -0.4 is 0 Å². The number of carbonyl (C=O) groups is 1. The summed E-state index contributed by atoms with van der Waals surface area (Å²) in [5.74, 6) is 0. The second-order valence-electron chi connectivity index (χ2n) is 5.98. The molecule has 1 saturated heterocycles. The molecule has 1 heterocycles. The summed E-state index contributed by atoms with van der Waals surface area (Å²) in [6.45, 7) is 6.16. The van der Waals surface area contributed by atoms with Crippen LogP contribution in [0, 0.1) is 0 Å². The Labute approximate surface area is 133 Å². The summed E-state index contributed by atoms with van der Waals surface area (Å²) in [6.07, 6.45) is -1.06. The number of benzene rings is 1. The molecule has 22 heavy (non-hydrogen) atoms. The van der Waals surface area contributed by atoms with E-state index in [1.807, 2.05) is 30.3 Å². The van der Waals surface area contributed by atoms with Gasteiger partial charge in [-0.15, -0.1) is 0 Å². The lowest BCUT2D eigenvalue weighted by Gasteiger charge is -2.22. The Balaban J connectivity index is 1.78. The zero-order chi connectivity index (χ0) is 16.2. The lowest BCUT2D eigenvalue weighted by Crippen LogP contribution is -2.36. The molecule has 0 aromatic heterocycles. The first-order chi connectivity index (χ1) is 10.3. The van der Waals surface area contributed by atoms with Gasteiger partial charge < -0.3 is 9.47 Å². The minimum Gasteiger partial charge on any atom is -0.443 e. The molecular weight excluding hydrogens is 306 g/mol. The first-order valence-corrected chi connectivity index (χ1v) is 8.09. The van der Waals surface area contributed by atoms with Gasteiger partial charge in [-0.1, -0.05) is 30.3 Å². The lowest BCUT2D eigenvalue weighted by molar-refractivity contribution is 0.0345. The van der Waals surface area contributed by atoms with Crippen LogP contribution in [-0.2, 0) is 31.5 Å². The molecule has 1 aliphatic rings. The van der Waals surface area contributed by atoms with Gasteiger partial charge in [-0.05, 0) is 26.3 Å². The quantitative estimate of drug-likeness (QED) is 0.850. The number of amides is 1. The zero-order valence-corrected chi connectivity index (χ0v) is 13.8. The maximum atomic E-state index is 11.9. The Morgan fingerprint density at radius 3 is 2.68 bits per heavy atom. The van der Waals surface area contributed by atoms with Crippen molar-refractivity contribution in [3.05, 3.63) is 35.9 Å². The summed E-state index contributed by atoms with van der Waals surface area (Å²) in [5.41, 5.74) is 0.411. The van der Waals surface area contributed by atoms with Crippen molar-refractivity contribution in [3.8, 4) is 0 Å². The second kappa shape index (κ2) is 7.21. The van der Waals surface area contributed by atoms with Gasteiger partial charge in [0, 0.05) is 0 Å². The number of rotatable bonds is 4. The minimum atomic E-state index is -1.82. The molecule has 0 saturated carbocycles. The fraction of sp³-hybridized carbons (Fsp3) is 0.533. The minimum absolute atomic E-state index is 0.191. The smallest absolute Gasteiger partial charge is 0.424 e. The topological polar surface area (TPSA) is 65.1 Å². The summed E-state index contributed by atoms with van der Waals surface area (Å²) >= 11 is -1.82. The summed E-state index contributed by atoms with van der Waals surface area (Å²) in [5, 5.41) is 0. The van der Waals surface area contributed by atoms with E-state index in [9.17, 15) is 9.00 Å². The average molecular weight is 327 g/mol. The van der Waals surface area contributed by atoms with Gasteiger partial charge >= 0.3 is 6.09 Å². The highest BCUT2D eigenvalue weighted by atomic mass is 32.2. The van der Waals surface area contributed by atoms with E-state index in [-0.39, 0.29) is 13.2 Å². The van der Waals surface area contributed by atoms with E-state index in [4.69, 9.17) is 13.7 Å². The number of hydrogen-bond acceptors (Lipinski definition) is 5. The molecule has 1 aromatic carbocycles. The van der Waals surface area contributed by atoms with E-state index in [2.05, 4.69) is 0 Å². The highest BCUT2D eigenvalue weighted by molar-refractivity contribution is 7.78. The fourth-order valence-corrected chi connectivity index (χ4v) is 2.76. The molecule has 7 heteroatoms. The Hall–Kier alpha value is -1.44. The van der Waals surface area contributed by atoms with Gasteiger partial charge in [-0.25, -0.2) is 13.3 Å². The van der Waals surface area contributed by atoms with Crippen LogP contribution in [0.5, 0.6) is 0 Å². The second-order valence-corrected chi connectivity index (χ2v) is 7.04. The largest absolute Gasteiger partial charge is 0.443 e. The number of ether oxygens (including phenoxy) is 2. The molecule has 0 radical (unpaired) electrons. The summed E-state index contributed by atoms with van der Waals surface area (Å²) in [7, 11) is 0. The predicted molar refractivity (Wildman–Crippen MR) is 82.1 cm³/mol. The number of carbonyl (C=O) groups excluding carboxylic acids is 1. The van der Waals surface area contributed by atoms with E-state index in [0.29, 0.717) is 6.61 Å². The molecular formula is C15H21NO5S. The first kappa shape index (κ1) is 16.9. The molecule has 1 aromatic rings. The normalized spacial score (nSPS) is 21.9. The maximum Gasteiger partial charge on any atom is 0.424 e. The third-order valence-electron chi connectivity index (χ3n) is 2.78. The van der Waals surface area contributed by atoms with Crippen LogP contribution in [0.3, 0.4) is 0 Å². The summed E-state index contributed by atoms with van der Waals surface area (Å²) < 4.78 is 28.8. The molecule has 6 nitrogen and oxygen atoms in total. The summed E-state index contributed by atoms with van der Waals surface area (Å²) in [6, 6.07) is 9.72. The molecule has 2 rings (SSSR count). The molecule has 122 valence electrons. The van der Waals surface area contributed by atoms with Crippen LogP contribution in [-0.4, -0.2) is 39.5 Å². The van der Waals surface area contributed by atoms with Gasteiger partial charge in [0.15, 0.2) is 0 Å². The molecule has 2 atom stereocenters. The summed E-state index contributed by atoms with van der Waals surface area (Å²) in [4.78, 5) is 11.9. The van der Waals surface area contributed by atoms with Crippen molar-refractivity contribution in [2.45, 2.75) is 39.1 Å². The van der Waals surface area contributed by atoms with Crippen LogP contribution in [0.25, 0.3) is 0 Å². The van der Waals surface area contributed by atoms with Gasteiger partial charge in [0.25, 0.3) is 11.3 Å². The molecule has 0 unspecified atom stereocenters. The van der Waals surface area contributed by atoms with Crippen molar-refractivity contribution in [2.24, 2.45) is 0 Å². The molecule has 1 aliphatic heterocycles. The van der Waals surface area contributed by atoms with Crippen LogP contribution in [0.1, 0.15) is 26.3 Å². The molecule has 0 spiro atoms. The SMILES string of the molecule is CC(C)(C)OC(=O)N1C[C@@H](COCc2ccccc2)O[S@@]1=O. The van der Waals surface area contributed by atoms with E-state index >= 15 is 0 Å². The average Bonchev–Trinajstić information content (AvgIpc) is 2.79. The Bertz CT molecular complexity index is 528. The van der Waals surface area contributed by atoms with E-state index in [1.165, 1.54) is 0 Å². The molecule has 1 fully saturated rings. The number of nitrogens with zero attached hydrogens (tertiary/aromatic N) is 1. The molecule has 0 bridgehead atoms. The van der Waals surface area contributed by atoms with Crippen LogP contribution >= 0.6 is 0 Å². The van der Waals surface area contributed by atoms with Gasteiger partial charge in [-0.2, -0.15) is 0 Å². The van der Waals surface area contributed by atoms with Crippen LogP contribution in [0.2, 0.25) is 0 Å².